The van der Waals surface area contributed by atoms with Crippen LogP contribution in [0.25, 0.3) is 0 Å². The van der Waals surface area contributed by atoms with Crippen molar-refractivity contribution < 1.29 is 19.1 Å². The van der Waals surface area contributed by atoms with Crippen molar-refractivity contribution in [3.05, 3.63) is 0 Å². The summed E-state index contributed by atoms with van der Waals surface area (Å²) in [6.45, 7) is 4.81. The van der Waals surface area contributed by atoms with Gasteiger partial charge in [0.2, 0.25) is 11.8 Å². The van der Waals surface area contributed by atoms with Crippen molar-refractivity contribution in [2.75, 3.05) is 46.5 Å². The van der Waals surface area contributed by atoms with Crippen LogP contribution in [0.2, 0.25) is 0 Å². The van der Waals surface area contributed by atoms with Crippen LogP contribution in [0.15, 0.2) is 0 Å². The second-order valence-corrected chi connectivity index (χ2v) is 4.78. The highest BCUT2D eigenvalue weighted by Gasteiger charge is 2.32. The number of nitrogens with one attached hydrogen (secondary N) is 3. The molecular formula is C12H23N3O4. The van der Waals surface area contributed by atoms with Gasteiger partial charge in [-0.1, -0.05) is 0 Å². The molecule has 7 nitrogen and oxygen atoms in total. The van der Waals surface area contributed by atoms with Gasteiger partial charge in [0.25, 0.3) is 0 Å². The molecule has 3 N–H and O–H groups in total. The standard InChI is InChI=1S/C12H23N3O4/c1-12(8-13-9-12)19-7-11(17)14-4-3-10(16)15-5-6-18-2/h13H,3-9H2,1-2H3,(H,14,17)(H,15,16). The summed E-state index contributed by atoms with van der Waals surface area (Å²) in [5.74, 6) is -0.300. The minimum absolute atomic E-state index is 0.0312. The lowest BCUT2D eigenvalue weighted by atomic mass is 10.0. The van der Waals surface area contributed by atoms with Gasteiger partial charge in [0.15, 0.2) is 0 Å². The Hall–Kier alpha value is -1.18. The zero-order valence-electron chi connectivity index (χ0n) is 11.6. The summed E-state index contributed by atoms with van der Waals surface area (Å²) in [4.78, 5) is 22.8. The molecule has 19 heavy (non-hydrogen) atoms. The highest BCUT2D eigenvalue weighted by atomic mass is 16.5. The third-order valence-corrected chi connectivity index (χ3v) is 2.85. The Morgan fingerprint density at radius 3 is 2.47 bits per heavy atom. The predicted octanol–water partition coefficient (Wildman–Crippen LogP) is -1.37. The second-order valence-electron chi connectivity index (χ2n) is 4.78. The van der Waals surface area contributed by atoms with E-state index in [1.54, 1.807) is 7.11 Å². The number of hydrogen-bond acceptors (Lipinski definition) is 5. The summed E-state index contributed by atoms with van der Waals surface area (Å²) in [5.41, 5.74) is -0.227. The number of rotatable bonds is 9. The van der Waals surface area contributed by atoms with Crippen LogP contribution in [0.1, 0.15) is 13.3 Å². The first-order valence-corrected chi connectivity index (χ1v) is 6.43. The third kappa shape index (κ3) is 6.51. The normalized spacial score (nSPS) is 16.5. The van der Waals surface area contributed by atoms with Gasteiger partial charge in [-0.3, -0.25) is 9.59 Å². The van der Waals surface area contributed by atoms with Crippen molar-refractivity contribution in [2.45, 2.75) is 18.9 Å². The van der Waals surface area contributed by atoms with Crippen molar-refractivity contribution in [1.29, 1.82) is 0 Å². The highest BCUT2D eigenvalue weighted by Crippen LogP contribution is 2.14. The lowest BCUT2D eigenvalue weighted by Gasteiger charge is -2.38. The molecule has 1 fully saturated rings. The number of amides is 2. The molecule has 0 aromatic carbocycles. The Morgan fingerprint density at radius 2 is 1.89 bits per heavy atom. The SMILES string of the molecule is COCCNC(=O)CCNC(=O)COC1(C)CNC1. The van der Waals surface area contributed by atoms with E-state index in [2.05, 4.69) is 16.0 Å². The number of methoxy groups -OCH3 is 1. The van der Waals surface area contributed by atoms with Crippen molar-refractivity contribution in [1.82, 2.24) is 16.0 Å². The molecule has 0 aromatic rings. The van der Waals surface area contributed by atoms with Gasteiger partial charge in [0.05, 0.1) is 12.2 Å². The molecule has 0 radical (unpaired) electrons. The van der Waals surface area contributed by atoms with E-state index in [-0.39, 0.29) is 30.4 Å². The molecule has 110 valence electrons. The number of carbonyl (C=O) groups is 2. The average Bonchev–Trinajstić information content (AvgIpc) is 2.34. The molecule has 0 unspecified atom stereocenters. The largest absolute Gasteiger partial charge is 0.383 e. The van der Waals surface area contributed by atoms with Crippen molar-refractivity contribution >= 4 is 11.8 Å². The zero-order valence-corrected chi connectivity index (χ0v) is 11.6. The van der Waals surface area contributed by atoms with Crippen LogP contribution >= 0.6 is 0 Å². The lowest BCUT2D eigenvalue weighted by molar-refractivity contribution is -0.135. The molecule has 1 aliphatic heterocycles. The molecule has 0 atom stereocenters. The second kappa shape index (κ2) is 8.08. The van der Waals surface area contributed by atoms with E-state index in [0.29, 0.717) is 19.7 Å². The summed E-state index contributed by atoms with van der Waals surface area (Å²) in [6, 6.07) is 0. The van der Waals surface area contributed by atoms with E-state index in [9.17, 15) is 9.59 Å². The molecule has 0 saturated carbocycles. The molecule has 1 aliphatic rings. The van der Waals surface area contributed by atoms with Gasteiger partial charge >= 0.3 is 0 Å². The van der Waals surface area contributed by atoms with Crippen molar-refractivity contribution in [3.63, 3.8) is 0 Å². The average molecular weight is 273 g/mol. The fraction of sp³-hybridized carbons (Fsp3) is 0.833. The Morgan fingerprint density at radius 1 is 1.21 bits per heavy atom. The van der Waals surface area contributed by atoms with Gasteiger partial charge in [0, 0.05) is 39.7 Å². The maximum Gasteiger partial charge on any atom is 0.246 e. The van der Waals surface area contributed by atoms with Crippen molar-refractivity contribution in [2.24, 2.45) is 0 Å². The molecule has 0 aliphatic carbocycles. The molecule has 1 saturated heterocycles. The minimum atomic E-state index is -0.227. The van der Waals surface area contributed by atoms with Gasteiger partial charge < -0.3 is 25.4 Å². The first kappa shape index (κ1) is 15.9. The van der Waals surface area contributed by atoms with Crippen LogP contribution in [0.3, 0.4) is 0 Å². The summed E-state index contributed by atoms with van der Waals surface area (Å²) in [7, 11) is 1.57. The molecular weight excluding hydrogens is 250 g/mol. The first-order valence-electron chi connectivity index (χ1n) is 6.43. The van der Waals surface area contributed by atoms with Crippen LogP contribution in [-0.4, -0.2) is 63.9 Å². The summed E-state index contributed by atoms with van der Waals surface area (Å²) in [6.07, 6.45) is 0.258. The number of carbonyl (C=O) groups excluding carboxylic acids is 2. The minimum Gasteiger partial charge on any atom is -0.383 e. The molecule has 0 aromatic heterocycles. The van der Waals surface area contributed by atoms with Gasteiger partial charge in [-0.25, -0.2) is 0 Å². The lowest BCUT2D eigenvalue weighted by Crippen LogP contribution is -2.59. The predicted molar refractivity (Wildman–Crippen MR) is 69.7 cm³/mol. The van der Waals surface area contributed by atoms with E-state index in [4.69, 9.17) is 9.47 Å². The maximum absolute atomic E-state index is 11.5. The van der Waals surface area contributed by atoms with Crippen molar-refractivity contribution in [3.8, 4) is 0 Å². The fourth-order valence-corrected chi connectivity index (χ4v) is 1.57. The van der Waals surface area contributed by atoms with E-state index >= 15 is 0 Å². The summed E-state index contributed by atoms with van der Waals surface area (Å²) < 4.78 is 10.3. The van der Waals surface area contributed by atoms with E-state index in [1.807, 2.05) is 6.92 Å². The maximum atomic E-state index is 11.5. The molecule has 1 rings (SSSR count). The van der Waals surface area contributed by atoms with Gasteiger partial charge in [-0.05, 0) is 6.92 Å². The van der Waals surface area contributed by atoms with Crippen LogP contribution < -0.4 is 16.0 Å². The van der Waals surface area contributed by atoms with Crippen LogP contribution in [0, 0.1) is 0 Å². The van der Waals surface area contributed by atoms with Crippen LogP contribution in [-0.2, 0) is 19.1 Å². The summed E-state index contributed by atoms with van der Waals surface area (Å²) >= 11 is 0. The fourth-order valence-electron chi connectivity index (χ4n) is 1.57. The molecule has 7 heteroatoms. The van der Waals surface area contributed by atoms with Gasteiger partial charge in [-0.15, -0.1) is 0 Å². The quantitative estimate of drug-likeness (QED) is 0.451. The monoisotopic (exact) mass is 273 g/mol. The van der Waals surface area contributed by atoms with Gasteiger partial charge in [0.1, 0.15) is 6.61 Å². The van der Waals surface area contributed by atoms with Crippen LogP contribution in [0.4, 0.5) is 0 Å². The Bertz CT molecular complexity index is 305. The summed E-state index contributed by atoms with van der Waals surface area (Å²) in [5, 5.41) is 8.41. The molecule has 0 spiro atoms. The Kier molecular flexibility index (Phi) is 6.75. The zero-order chi connectivity index (χ0) is 14.1. The Labute approximate surface area is 113 Å². The molecule has 1 heterocycles. The van der Waals surface area contributed by atoms with E-state index < -0.39 is 0 Å². The third-order valence-electron chi connectivity index (χ3n) is 2.85. The molecule has 2 amide bonds. The smallest absolute Gasteiger partial charge is 0.246 e. The Balaban J connectivity index is 1.99. The highest BCUT2D eigenvalue weighted by molar-refractivity contribution is 5.79. The topological polar surface area (TPSA) is 88.7 Å². The van der Waals surface area contributed by atoms with E-state index in [0.717, 1.165) is 13.1 Å². The molecule has 0 bridgehead atoms. The van der Waals surface area contributed by atoms with E-state index in [1.165, 1.54) is 0 Å². The number of ether oxygens (including phenoxy) is 2. The number of hydrogen-bond donors (Lipinski definition) is 3. The van der Waals surface area contributed by atoms with Crippen LogP contribution in [0.5, 0.6) is 0 Å². The van der Waals surface area contributed by atoms with Gasteiger partial charge in [-0.2, -0.15) is 0 Å². The first-order chi connectivity index (χ1) is 9.06.